The number of piperidine rings is 1. The summed E-state index contributed by atoms with van der Waals surface area (Å²) < 4.78 is 10.8. The van der Waals surface area contributed by atoms with Gasteiger partial charge in [-0.25, -0.2) is 4.79 Å². The maximum absolute atomic E-state index is 12.5. The number of nitrogens with one attached hydrogen (secondary N) is 1. The quantitative estimate of drug-likeness (QED) is 0.889. The first-order chi connectivity index (χ1) is 12.4. The van der Waals surface area contributed by atoms with Crippen molar-refractivity contribution < 1.29 is 19.1 Å². The summed E-state index contributed by atoms with van der Waals surface area (Å²) in [5.41, 5.74) is 1.19. The van der Waals surface area contributed by atoms with Gasteiger partial charge >= 0.3 is 6.03 Å². The van der Waals surface area contributed by atoms with Crippen LogP contribution in [0.2, 0.25) is 0 Å². The van der Waals surface area contributed by atoms with Gasteiger partial charge in [-0.05, 0) is 42.4 Å². The Kier molecular flexibility index (Phi) is 5.25. The molecule has 0 saturated carbocycles. The van der Waals surface area contributed by atoms with Crippen molar-refractivity contribution in [3.63, 3.8) is 0 Å². The molecule has 0 bridgehead atoms. The molecule has 1 aromatic rings. The van der Waals surface area contributed by atoms with Gasteiger partial charge in [0.2, 0.25) is 12.7 Å². The molecule has 1 saturated heterocycles. The van der Waals surface area contributed by atoms with Crippen molar-refractivity contribution in [3.8, 4) is 11.5 Å². The summed E-state index contributed by atoms with van der Waals surface area (Å²) in [7, 11) is 3.31. The van der Waals surface area contributed by atoms with E-state index in [0.717, 1.165) is 37.3 Å². The minimum Gasteiger partial charge on any atom is -0.454 e. The molecule has 0 radical (unpaired) electrons. The van der Waals surface area contributed by atoms with Crippen LogP contribution in [-0.2, 0) is 11.2 Å². The molecular weight excluding hydrogens is 334 g/mol. The first-order valence-corrected chi connectivity index (χ1v) is 8.98. The Labute approximate surface area is 154 Å². The van der Waals surface area contributed by atoms with Gasteiger partial charge < -0.3 is 24.6 Å². The Hall–Kier alpha value is -2.44. The summed E-state index contributed by atoms with van der Waals surface area (Å²) in [6.45, 7) is 3.97. The van der Waals surface area contributed by atoms with Crippen molar-refractivity contribution in [3.05, 3.63) is 23.8 Å². The van der Waals surface area contributed by atoms with Gasteiger partial charge in [0.05, 0.1) is 6.54 Å². The summed E-state index contributed by atoms with van der Waals surface area (Å²) in [6.07, 6.45) is 2.90. The molecule has 0 aromatic heterocycles. The number of hydrogen-bond acceptors (Lipinski definition) is 4. The summed E-state index contributed by atoms with van der Waals surface area (Å²) in [6, 6.07) is 5.80. The molecule has 1 N–H and O–H groups in total. The number of amides is 3. The molecule has 0 spiro atoms. The first-order valence-electron chi connectivity index (χ1n) is 8.98. The number of urea groups is 1. The fraction of sp³-hybridized carbons (Fsp3) is 0.579. The zero-order valence-electron chi connectivity index (χ0n) is 15.7. The van der Waals surface area contributed by atoms with Gasteiger partial charge in [0, 0.05) is 27.2 Å². The van der Waals surface area contributed by atoms with E-state index in [1.54, 1.807) is 14.1 Å². The fourth-order valence-corrected chi connectivity index (χ4v) is 3.64. The number of carbonyl (C=O) groups is 2. The van der Waals surface area contributed by atoms with Crippen molar-refractivity contribution in [1.82, 2.24) is 15.1 Å². The van der Waals surface area contributed by atoms with Gasteiger partial charge in [0.25, 0.3) is 0 Å². The summed E-state index contributed by atoms with van der Waals surface area (Å²) in [5, 5.41) is 2.65. The van der Waals surface area contributed by atoms with Crippen LogP contribution < -0.4 is 14.8 Å². The van der Waals surface area contributed by atoms with Gasteiger partial charge in [-0.15, -0.1) is 0 Å². The molecule has 1 aromatic carbocycles. The van der Waals surface area contributed by atoms with Gasteiger partial charge in [-0.1, -0.05) is 13.0 Å². The summed E-state index contributed by atoms with van der Waals surface area (Å²) in [4.78, 5) is 27.4. The number of fused-ring (bicyclic) bond motifs is 1. The number of likely N-dealkylation sites (tertiary alicyclic amines) is 1. The standard InChI is InChI=1S/C19H27N3O4/c1-19(10-14-5-6-15-16(9-14)26-13-25-15)7-4-8-22(12-19)17(23)11-20-18(24)21(2)3/h5-6,9H,4,7-8,10-13H2,1-3H3,(H,20,24). The lowest BCUT2D eigenvalue weighted by Crippen LogP contribution is -2.49. The zero-order valence-corrected chi connectivity index (χ0v) is 15.7. The SMILES string of the molecule is CN(C)C(=O)NCC(=O)N1CCCC(C)(Cc2ccc3c(c2)OCO3)C1. The van der Waals surface area contributed by atoms with Crippen LogP contribution in [0.5, 0.6) is 11.5 Å². The molecule has 1 fully saturated rings. The molecule has 3 rings (SSSR count). The molecule has 1 atom stereocenters. The highest BCUT2D eigenvalue weighted by Crippen LogP contribution is 2.37. The van der Waals surface area contributed by atoms with E-state index in [1.807, 2.05) is 17.0 Å². The molecule has 7 nitrogen and oxygen atoms in total. The minimum atomic E-state index is -0.251. The third-order valence-electron chi connectivity index (χ3n) is 5.00. The van der Waals surface area contributed by atoms with E-state index in [4.69, 9.17) is 9.47 Å². The Morgan fingerprint density at radius 1 is 1.27 bits per heavy atom. The monoisotopic (exact) mass is 361 g/mol. The van der Waals surface area contributed by atoms with Crippen LogP contribution in [0.15, 0.2) is 18.2 Å². The summed E-state index contributed by atoms with van der Waals surface area (Å²) in [5.74, 6) is 1.55. The second-order valence-electron chi connectivity index (χ2n) is 7.65. The van der Waals surface area contributed by atoms with Crippen molar-refractivity contribution in [1.29, 1.82) is 0 Å². The molecule has 142 valence electrons. The second-order valence-corrected chi connectivity index (χ2v) is 7.65. The van der Waals surface area contributed by atoms with Crippen molar-refractivity contribution >= 4 is 11.9 Å². The Bertz CT molecular complexity index is 691. The van der Waals surface area contributed by atoms with Crippen LogP contribution in [0.25, 0.3) is 0 Å². The number of hydrogen-bond donors (Lipinski definition) is 1. The van der Waals surface area contributed by atoms with Crippen LogP contribution in [0.3, 0.4) is 0 Å². The van der Waals surface area contributed by atoms with E-state index in [-0.39, 0.29) is 30.7 Å². The zero-order chi connectivity index (χ0) is 18.7. The van der Waals surface area contributed by atoms with E-state index in [9.17, 15) is 9.59 Å². The first kappa shape index (κ1) is 18.4. The molecule has 2 aliphatic rings. The summed E-state index contributed by atoms with van der Waals surface area (Å²) >= 11 is 0. The van der Waals surface area contributed by atoms with Gasteiger partial charge in [0.15, 0.2) is 11.5 Å². The number of ether oxygens (including phenoxy) is 2. The predicted molar refractivity (Wildman–Crippen MR) is 97.3 cm³/mol. The normalized spacial score (nSPS) is 21.4. The highest BCUT2D eigenvalue weighted by molar-refractivity contribution is 5.83. The maximum Gasteiger partial charge on any atom is 0.317 e. The predicted octanol–water partition coefficient (Wildman–Crippen LogP) is 1.86. The second kappa shape index (κ2) is 7.43. The van der Waals surface area contributed by atoms with Crippen molar-refractivity contribution in [2.24, 2.45) is 5.41 Å². The van der Waals surface area contributed by atoms with Gasteiger partial charge in [0.1, 0.15) is 0 Å². The Balaban J connectivity index is 1.59. The lowest BCUT2D eigenvalue weighted by Gasteiger charge is -2.41. The average Bonchev–Trinajstić information content (AvgIpc) is 3.06. The highest BCUT2D eigenvalue weighted by atomic mass is 16.7. The van der Waals surface area contributed by atoms with E-state index >= 15 is 0 Å². The number of benzene rings is 1. The molecule has 2 aliphatic heterocycles. The topological polar surface area (TPSA) is 71.1 Å². The number of nitrogens with zero attached hydrogens (tertiary/aromatic N) is 2. The maximum atomic E-state index is 12.5. The Morgan fingerprint density at radius 3 is 2.81 bits per heavy atom. The fourth-order valence-electron chi connectivity index (χ4n) is 3.64. The number of carbonyl (C=O) groups excluding carboxylic acids is 2. The molecule has 2 heterocycles. The highest BCUT2D eigenvalue weighted by Gasteiger charge is 2.33. The van der Waals surface area contributed by atoms with E-state index in [0.29, 0.717) is 6.54 Å². The van der Waals surface area contributed by atoms with Gasteiger partial charge in [-0.3, -0.25) is 4.79 Å². The van der Waals surface area contributed by atoms with Crippen molar-refractivity contribution in [2.75, 3.05) is 40.5 Å². The number of rotatable bonds is 4. The average molecular weight is 361 g/mol. The lowest BCUT2D eigenvalue weighted by molar-refractivity contribution is -0.133. The molecule has 1 unspecified atom stereocenters. The van der Waals surface area contributed by atoms with Crippen molar-refractivity contribution in [2.45, 2.75) is 26.2 Å². The molecular formula is C19H27N3O4. The molecule has 0 aliphatic carbocycles. The lowest BCUT2D eigenvalue weighted by atomic mass is 9.77. The van der Waals surface area contributed by atoms with E-state index in [1.165, 1.54) is 10.5 Å². The smallest absolute Gasteiger partial charge is 0.317 e. The largest absolute Gasteiger partial charge is 0.454 e. The molecule has 26 heavy (non-hydrogen) atoms. The molecule has 7 heteroatoms. The third-order valence-corrected chi connectivity index (χ3v) is 5.00. The molecule has 3 amide bonds. The van der Waals surface area contributed by atoms with Crippen LogP contribution >= 0.6 is 0 Å². The Morgan fingerprint density at radius 2 is 2.04 bits per heavy atom. The van der Waals surface area contributed by atoms with Crippen LogP contribution in [0.1, 0.15) is 25.3 Å². The van der Waals surface area contributed by atoms with Crippen LogP contribution in [0.4, 0.5) is 4.79 Å². The third kappa shape index (κ3) is 4.20. The van der Waals surface area contributed by atoms with E-state index < -0.39 is 0 Å². The van der Waals surface area contributed by atoms with Crippen LogP contribution in [-0.4, -0.2) is 62.3 Å². The minimum absolute atomic E-state index is 0.00711. The van der Waals surface area contributed by atoms with Gasteiger partial charge in [-0.2, -0.15) is 0 Å². The van der Waals surface area contributed by atoms with E-state index in [2.05, 4.69) is 18.3 Å². The van der Waals surface area contributed by atoms with Crippen LogP contribution in [0, 0.1) is 5.41 Å².